The number of pyridine rings is 1. The zero-order chi connectivity index (χ0) is 19.5. The first-order chi connectivity index (χ1) is 13.6. The number of ether oxygens (including phenoxy) is 1. The highest BCUT2D eigenvalue weighted by atomic mass is 32.1. The van der Waals surface area contributed by atoms with Gasteiger partial charge in [-0.25, -0.2) is 4.98 Å². The zero-order valence-corrected chi connectivity index (χ0v) is 16.3. The predicted molar refractivity (Wildman–Crippen MR) is 107 cm³/mol. The van der Waals surface area contributed by atoms with Crippen LogP contribution in [0.25, 0.3) is 10.7 Å². The van der Waals surface area contributed by atoms with Crippen molar-refractivity contribution in [1.29, 1.82) is 0 Å². The van der Waals surface area contributed by atoms with Crippen LogP contribution in [0, 0.1) is 6.92 Å². The van der Waals surface area contributed by atoms with E-state index in [9.17, 15) is 4.79 Å². The quantitative estimate of drug-likeness (QED) is 0.621. The van der Waals surface area contributed by atoms with Gasteiger partial charge < -0.3 is 15.8 Å². The lowest BCUT2D eigenvalue weighted by atomic mass is 10.1. The van der Waals surface area contributed by atoms with E-state index in [0.717, 1.165) is 41.2 Å². The third-order valence-corrected chi connectivity index (χ3v) is 5.64. The normalized spacial score (nSPS) is 19.9. The predicted octanol–water partition coefficient (Wildman–Crippen LogP) is 3.06. The summed E-state index contributed by atoms with van der Waals surface area (Å²) in [5.74, 6) is -0.288. The summed E-state index contributed by atoms with van der Waals surface area (Å²) >= 11 is 1.40. The molecule has 4 heterocycles. The van der Waals surface area contributed by atoms with Gasteiger partial charge in [0.05, 0.1) is 17.6 Å². The second kappa shape index (κ2) is 8.17. The third kappa shape index (κ3) is 3.96. The summed E-state index contributed by atoms with van der Waals surface area (Å²) in [4.78, 5) is 21.5. The number of anilines is 1. The largest absolute Gasteiger partial charge is 0.372 e. The first-order valence-electron chi connectivity index (χ1n) is 9.21. The van der Waals surface area contributed by atoms with E-state index in [1.807, 2.05) is 19.1 Å². The van der Waals surface area contributed by atoms with E-state index < -0.39 is 0 Å². The Morgan fingerprint density at radius 2 is 2.29 bits per heavy atom. The van der Waals surface area contributed by atoms with Crippen molar-refractivity contribution in [2.45, 2.75) is 38.3 Å². The van der Waals surface area contributed by atoms with Crippen molar-refractivity contribution in [3.05, 3.63) is 46.9 Å². The van der Waals surface area contributed by atoms with Gasteiger partial charge in [-0.1, -0.05) is 6.07 Å². The highest BCUT2D eigenvalue weighted by Gasteiger charge is 2.24. The second-order valence-corrected chi connectivity index (χ2v) is 7.70. The Bertz CT molecular complexity index is 969. The molecule has 2 atom stereocenters. The van der Waals surface area contributed by atoms with E-state index in [1.54, 1.807) is 17.8 Å². The fourth-order valence-corrected chi connectivity index (χ4v) is 4.07. The average molecular weight is 398 g/mol. The highest BCUT2D eigenvalue weighted by Crippen LogP contribution is 2.31. The van der Waals surface area contributed by atoms with Gasteiger partial charge in [0.15, 0.2) is 0 Å². The number of nitrogens with zero attached hydrogens (tertiary/aromatic N) is 3. The average Bonchev–Trinajstić information content (AvgIpc) is 3.30. The zero-order valence-electron chi connectivity index (χ0n) is 15.5. The molecule has 0 saturated carbocycles. The molecule has 1 amide bonds. The second-order valence-electron chi connectivity index (χ2n) is 6.84. The molecule has 1 saturated heterocycles. The number of hydrogen-bond donors (Lipinski definition) is 3. The van der Waals surface area contributed by atoms with E-state index in [4.69, 9.17) is 10.5 Å². The number of nitrogens with one attached hydrogen (secondary N) is 2. The maximum atomic E-state index is 12.7. The van der Waals surface area contributed by atoms with Crippen molar-refractivity contribution in [2.24, 2.45) is 5.73 Å². The van der Waals surface area contributed by atoms with Gasteiger partial charge in [-0.05, 0) is 37.8 Å². The summed E-state index contributed by atoms with van der Waals surface area (Å²) in [5, 5.41) is 12.4. The van der Waals surface area contributed by atoms with E-state index >= 15 is 0 Å². The molecule has 0 unspecified atom stereocenters. The number of thiazole rings is 1. The number of nitrogens with two attached hydrogens (primary N) is 1. The number of amides is 1. The van der Waals surface area contributed by atoms with Gasteiger partial charge in [0.25, 0.3) is 5.91 Å². The van der Waals surface area contributed by atoms with Crippen LogP contribution in [0.1, 0.15) is 47.1 Å². The van der Waals surface area contributed by atoms with Crippen LogP contribution in [0.4, 0.5) is 5.69 Å². The molecular weight excluding hydrogens is 376 g/mol. The number of carbonyl (C=O) groups is 1. The molecule has 0 spiro atoms. The fraction of sp³-hybridized carbons (Fsp3) is 0.368. The number of aromatic nitrogens is 4. The summed E-state index contributed by atoms with van der Waals surface area (Å²) in [7, 11) is 0. The summed E-state index contributed by atoms with van der Waals surface area (Å²) < 4.78 is 5.90. The van der Waals surface area contributed by atoms with Gasteiger partial charge in [-0.2, -0.15) is 5.10 Å². The van der Waals surface area contributed by atoms with Crippen LogP contribution in [-0.2, 0) is 4.74 Å². The summed E-state index contributed by atoms with van der Waals surface area (Å²) in [5.41, 5.74) is 9.54. The van der Waals surface area contributed by atoms with Crippen LogP contribution in [-0.4, -0.2) is 38.7 Å². The van der Waals surface area contributed by atoms with E-state index in [-0.39, 0.29) is 18.1 Å². The molecule has 0 aromatic carbocycles. The molecule has 8 nitrogen and oxygen atoms in total. The Hall–Kier alpha value is -2.62. The number of carbonyl (C=O) groups excluding carboxylic acids is 1. The van der Waals surface area contributed by atoms with Crippen molar-refractivity contribution < 1.29 is 9.53 Å². The molecule has 28 heavy (non-hydrogen) atoms. The Kier molecular flexibility index (Phi) is 5.47. The van der Waals surface area contributed by atoms with Crippen molar-refractivity contribution in [2.75, 3.05) is 11.9 Å². The van der Waals surface area contributed by atoms with Crippen LogP contribution < -0.4 is 11.1 Å². The molecule has 1 fully saturated rings. The number of rotatable bonds is 4. The van der Waals surface area contributed by atoms with Gasteiger partial charge in [0, 0.05) is 24.2 Å². The van der Waals surface area contributed by atoms with E-state index in [0.29, 0.717) is 18.0 Å². The molecule has 1 aliphatic rings. The lowest BCUT2D eigenvalue weighted by Crippen LogP contribution is -2.19. The Labute approximate surface area is 166 Å². The van der Waals surface area contributed by atoms with E-state index in [1.165, 1.54) is 11.3 Å². The number of aromatic amines is 1. The standard InChI is InChI=1S/C19H22N6O2S/c1-11-3-2-7-21-16(11)19-24-14(10-28-19)18(26)23-13-9-22-25-17(13)15-5-4-12(20)6-8-27-15/h2-3,7,9-10,12,15H,4-6,8,20H2,1H3,(H,22,25)(H,23,26)/t12-,15+/m1/s1. The first-order valence-corrected chi connectivity index (χ1v) is 10.1. The smallest absolute Gasteiger partial charge is 0.275 e. The van der Waals surface area contributed by atoms with Crippen LogP contribution in [0.3, 0.4) is 0 Å². The Morgan fingerprint density at radius 3 is 3.14 bits per heavy atom. The van der Waals surface area contributed by atoms with Gasteiger partial charge >= 0.3 is 0 Å². The fourth-order valence-electron chi connectivity index (χ4n) is 3.21. The minimum absolute atomic E-state index is 0.148. The van der Waals surface area contributed by atoms with Crippen LogP contribution in [0.2, 0.25) is 0 Å². The first kappa shape index (κ1) is 18.7. The number of aryl methyl sites for hydroxylation is 1. The van der Waals surface area contributed by atoms with Crippen molar-refractivity contribution in [3.63, 3.8) is 0 Å². The van der Waals surface area contributed by atoms with Crippen LogP contribution >= 0.6 is 11.3 Å². The van der Waals surface area contributed by atoms with Gasteiger partial charge in [-0.15, -0.1) is 11.3 Å². The molecule has 146 valence electrons. The summed E-state index contributed by atoms with van der Waals surface area (Å²) in [6, 6.07) is 4.00. The molecule has 0 radical (unpaired) electrons. The molecule has 0 bridgehead atoms. The van der Waals surface area contributed by atoms with E-state index in [2.05, 4.69) is 25.5 Å². The molecule has 3 aromatic rings. The minimum atomic E-state index is -0.288. The van der Waals surface area contributed by atoms with Crippen LogP contribution in [0.15, 0.2) is 29.9 Å². The molecule has 4 rings (SSSR count). The summed E-state index contributed by atoms with van der Waals surface area (Å²) in [6.45, 7) is 2.57. The van der Waals surface area contributed by atoms with Crippen molar-refractivity contribution in [1.82, 2.24) is 20.2 Å². The maximum Gasteiger partial charge on any atom is 0.275 e. The lowest BCUT2D eigenvalue weighted by molar-refractivity contribution is 0.0555. The number of hydrogen-bond acceptors (Lipinski definition) is 7. The van der Waals surface area contributed by atoms with Crippen LogP contribution in [0.5, 0.6) is 0 Å². The molecule has 1 aliphatic heterocycles. The molecule has 0 aliphatic carbocycles. The molecule has 4 N–H and O–H groups in total. The molecular formula is C19H22N6O2S. The minimum Gasteiger partial charge on any atom is -0.372 e. The summed E-state index contributed by atoms with van der Waals surface area (Å²) in [6.07, 6.45) is 5.65. The van der Waals surface area contributed by atoms with Gasteiger partial charge in [0.2, 0.25) is 0 Å². The Balaban J connectivity index is 1.49. The monoisotopic (exact) mass is 398 g/mol. The van der Waals surface area contributed by atoms with Crippen molar-refractivity contribution >= 4 is 22.9 Å². The van der Waals surface area contributed by atoms with Gasteiger partial charge in [0.1, 0.15) is 22.5 Å². The van der Waals surface area contributed by atoms with Gasteiger partial charge in [-0.3, -0.25) is 14.9 Å². The Morgan fingerprint density at radius 1 is 1.39 bits per heavy atom. The number of H-pyrrole nitrogens is 1. The SMILES string of the molecule is Cc1cccnc1-c1nc(C(=O)Nc2cn[nH]c2[C@@H]2CC[C@@H](N)CCO2)cs1. The highest BCUT2D eigenvalue weighted by molar-refractivity contribution is 7.13. The van der Waals surface area contributed by atoms with Crippen molar-refractivity contribution in [3.8, 4) is 10.7 Å². The third-order valence-electron chi connectivity index (χ3n) is 4.80. The molecule has 3 aromatic heterocycles. The maximum absolute atomic E-state index is 12.7. The lowest BCUT2D eigenvalue weighted by Gasteiger charge is -2.15. The molecule has 9 heteroatoms. The topological polar surface area (TPSA) is 119 Å².